The van der Waals surface area contributed by atoms with Crippen molar-refractivity contribution in [2.24, 2.45) is 0 Å². The SMILES string of the molecule is C[C@H]1c2ccsc2CCN1S(=O)(=O)c1cccs1. The van der Waals surface area contributed by atoms with Crippen LogP contribution in [0.5, 0.6) is 0 Å². The van der Waals surface area contributed by atoms with Crippen LogP contribution in [0.25, 0.3) is 0 Å². The van der Waals surface area contributed by atoms with Crippen LogP contribution in [0.3, 0.4) is 0 Å². The van der Waals surface area contributed by atoms with Crippen molar-refractivity contribution in [1.82, 2.24) is 4.31 Å². The van der Waals surface area contributed by atoms with Crippen LogP contribution in [0.15, 0.2) is 33.2 Å². The first kappa shape index (κ1) is 12.3. The Labute approximate surface area is 115 Å². The summed E-state index contributed by atoms with van der Waals surface area (Å²) in [5, 5.41) is 3.85. The van der Waals surface area contributed by atoms with E-state index in [2.05, 4.69) is 0 Å². The number of nitrogens with zero attached hydrogens (tertiary/aromatic N) is 1. The molecule has 0 saturated carbocycles. The molecule has 1 aliphatic heterocycles. The second-order valence-electron chi connectivity index (χ2n) is 4.27. The lowest BCUT2D eigenvalue weighted by atomic mass is 10.0. The van der Waals surface area contributed by atoms with Gasteiger partial charge in [-0.05, 0) is 41.8 Å². The van der Waals surface area contributed by atoms with E-state index < -0.39 is 10.0 Å². The Kier molecular flexibility index (Phi) is 3.05. The van der Waals surface area contributed by atoms with Crippen LogP contribution in [-0.4, -0.2) is 19.3 Å². The molecule has 0 amide bonds. The van der Waals surface area contributed by atoms with Gasteiger partial charge in [-0.15, -0.1) is 22.7 Å². The Morgan fingerprint density at radius 3 is 2.83 bits per heavy atom. The molecule has 1 aliphatic rings. The fourth-order valence-electron chi connectivity index (χ4n) is 2.34. The zero-order valence-corrected chi connectivity index (χ0v) is 12.3. The van der Waals surface area contributed by atoms with Gasteiger partial charge in [0.15, 0.2) is 0 Å². The summed E-state index contributed by atoms with van der Waals surface area (Å²) >= 11 is 3.00. The molecule has 96 valence electrons. The maximum absolute atomic E-state index is 12.5. The van der Waals surface area contributed by atoms with Gasteiger partial charge in [-0.25, -0.2) is 8.42 Å². The van der Waals surface area contributed by atoms with Gasteiger partial charge in [0, 0.05) is 17.5 Å². The van der Waals surface area contributed by atoms with E-state index in [9.17, 15) is 8.42 Å². The van der Waals surface area contributed by atoms with Gasteiger partial charge in [0.2, 0.25) is 0 Å². The average molecular weight is 299 g/mol. The van der Waals surface area contributed by atoms with Gasteiger partial charge in [0.05, 0.1) is 0 Å². The molecule has 0 aromatic carbocycles. The molecule has 2 aromatic heterocycles. The molecule has 0 spiro atoms. The quantitative estimate of drug-likeness (QED) is 0.854. The number of fused-ring (bicyclic) bond motifs is 1. The maximum atomic E-state index is 12.5. The third kappa shape index (κ3) is 1.84. The van der Waals surface area contributed by atoms with E-state index in [-0.39, 0.29) is 6.04 Å². The Bertz CT molecular complexity index is 643. The van der Waals surface area contributed by atoms with Crippen LogP contribution < -0.4 is 0 Å². The van der Waals surface area contributed by atoms with Crippen LogP contribution >= 0.6 is 22.7 Å². The highest BCUT2D eigenvalue weighted by atomic mass is 32.2. The van der Waals surface area contributed by atoms with Crippen molar-refractivity contribution in [3.05, 3.63) is 39.4 Å². The van der Waals surface area contributed by atoms with E-state index in [4.69, 9.17) is 0 Å². The fraction of sp³-hybridized carbons (Fsp3) is 0.333. The van der Waals surface area contributed by atoms with Crippen molar-refractivity contribution in [3.63, 3.8) is 0 Å². The summed E-state index contributed by atoms with van der Waals surface area (Å²) in [4.78, 5) is 1.32. The van der Waals surface area contributed by atoms with Crippen LogP contribution in [0, 0.1) is 0 Å². The minimum Gasteiger partial charge on any atom is -0.206 e. The first-order valence-electron chi connectivity index (χ1n) is 5.72. The Hall–Kier alpha value is -0.690. The summed E-state index contributed by atoms with van der Waals surface area (Å²) < 4.78 is 27.1. The van der Waals surface area contributed by atoms with Crippen LogP contribution in [-0.2, 0) is 16.4 Å². The second kappa shape index (κ2) is 4.45. The standard InChI is InChI=1S/C12H13NO2S3/c1-9-10-5-8-16-11(10)4-6-13(9)18(14,15)12-3-2-7-17-12/h2-3,5,7-9H,4,6H2,1H3/t9-/m0/s1. The van der Waals surface area contributed by atoms with Crippen molar-refractivity contribution in [2.45, 2.75) is 23.6 Å². The normalized spacial score (nSPS) is 20.8. The van der Waals surface area contributed by atoms with Crippen LogP contribution in [0.2, 0.25) is 0 Å². The fourth-order valence-corrected chi connectivity index (χ4v) is 6.04. The largest absolute Gasteiger partial charge is 0.253 e. The van der Waals surface area contributed by atoms with Gasteiger partial charge in [-0.1, -0.05) is 6.07 Å². The van der Waals surface area contributed by atoms with E-state index >= 15 is 0 Å². The van der Waals surface area contributed by atoms with E-state index in [0.717, 1.165) is 12.0 Å². The molecule has 3 nitrogen and oxygen atoms in total. The molecule has 0 unspecified atom stereocenters. The minimum atomic E-state index is -3.33. The lowest BCUT2D eigenvalue weighted by molar-refractivity contribution is 0.330. The smallest absolute Gasteiger partial charge is 0.206 e. The molecule has 6 heteroatoms. The third-order valence-electron chi connectivity index (χ3n) is 3.28. The summed E-state index contributed by atoms with van der Waals surface area (Å²) in [6.07, 6.45) is 0.821. The molecule has 2 aromatic rings. The van der Waals surface area contributed by atoms with Crippen LogP contribution in [0.1, 0.15) is 23.4 Å². The molecule has 0 N–H and O–H groups in total. The summed E-state index contributed by atoms with van der Waals surface area (Å²) in [7, 11) is -3.33. The highest BCUT2D eigenvalue weighted by Gasteiger charge is 2.34. The molecule has 0 saturated heterocycles. The van der Waals surface area contributed by atoms with Gasteiger partial charge < -0.3 is 0 Å². The van der Waals surface area contributed by atoms with Gasteiger partial charge in [-0.2, -0.15) is 4.31 Å². The maximum Gasteiger partial charge on any atom is 0.253 e. The summed E-state index contributed by atoms with van der Waals surface area (Å²) in [5.41, 5.74) is 1.16. The molecule has 1 atom stereocenters. The number of sulfonamides is 1. The van der Waals surface area contributed by atoms with Crippen molar-refractivity contribution in [1.29, 1.82) is 0 Å². The zero-order chi connectivity index (χ0) is 12.8. The highest BCUT2D eigenvalue weighted by Crippen LogP contribution is 2.36. The van der Waals surface area contributed by atoms with E-state index in [1.54, 1.807) is 33.2 Å². The molecular weight excluding hydrogens is 286 g/mol. The number of thiophene rings is 2. The van der Waals surface area contributed by atoms with Crippen molar-refractivity contribution < 1.29 is 8.42 Å². The van der Waals surface area contributed by atoms with Crippen molar-refractivity contribution >= 4 is 32.7 Å². The molecule has 3 rings (SSSR count). The predicted molar refractivity (Wildman–Crippen MR) is 74.6 cm³/mol. The topological polar surface area (TPSA) is 37.4 Å². The van der Waals surface area contributed by atoms with Crippen molar-refractivity contribution in [3.8, 4) is 0 Å². The Morgan fingerprint density at radius 1 is 1.28 bits per heavy atom. The molecule has 0 aliphatic carbocycles. The summed E-state index contributed by atoms with van der Waals surface area (Å²) in [5.74, 6) is 0. The van der Waals surface area contributed by atoms with E-state index in [1.807, 2.05) is 18.4 Å². The minimum absolute atomic E-state index is 0.0629. The summed E-state index contributed by atoms with van der Waals surface area (Å²) in [6, 6.07) is 5.44. The van der Waals surface area contributed by atoms with E-state index in [1.165, 1.54) is 16.2 Å². The van der Waals surface area contributed by atoms with Gasteiger partial charge in [0.25, 0.3) is 10.0 Å². The first-order chi connectivity index (χ1) is 8.60. The molecule has 3 heterocycles. The Balaban J connectivity index is 2.00. The molecule has 0 bridgehead atoms. The lowest BCUT2D eigenvalue weighted by Gasteiger charge is -2.32. The monoisotopic (exact) mass is 299 g/mol. The van der Waals surface area contributed by atoms with Gasteiger partial charge in [-0.3, -0.25) is 0 Å². The molecular formula is C12H13NO2S3. The number of rotatable bonds is 2. The number of hydrogen-bond donors (Lipinski definition) is 0. The summed E-state index contributed by atoms with van der Waals surface area (Å²) in [6.45, 7) is 2.55. The molecule has 18 heavy (non-hydrogen) atoms. The Morgan fingerprint density at radius 2 is 2.11 bits per heavy atom. The van der Waals surface area contributed by atoms with Gasteiger partial charge in [0.1, 0.15) is 4.21 Å². The van der Waals surface area contributed by atoms with Crippen molar-refractivity contribution in [2.75, 3.05) is 6.54 Å². The molecule has 0 fully saturated rings. The lowest BCUT2D eigenvalue weighted by Crippen LogP contribution is -2.37. The predicted octanol–water partition coefficient (Wildman–Crippen LogP) is 3.12. The third-order valence-corrected chi connectivity index (χ3v) is 7.62. The van der Waals surface area contributed by atoms with Gasteiger partial charge >= 0.3 is 0 Å². The first-order valence-corrected chi connectivity index (χ1v) is 8.92. The zero-order valence-electron chi connectivity index (χ0n) is 9.87. The molecule has 0 radical (unpaired) electrons. The van der Waals surface area contributed by atoms with Crippen LogP contribution in [0.4, 0.5) is 0 Å². The highest BCUT2D eigenvalue weighted by molar-refractivity contribution is 7.91. The average Bonchev–Trinajstić information content (AvgIpc) is 3.00. The van der Waals surface area contributed by atoms with E-state index in [0.29, 0.717) is 10.8 Å². The number of hydrogen-bond acceptors (Lipinski definition) is 4. The second-order valence-corrected chi connectivity index (χ2v) is 8.34.